The maximum atomic E-state index is 9.74. The second kappa shape index (κ2) is 9.26. The SMILES string of the molecule is COc1cc(C(C#N)N2CCCCCC2)ccc1OCc1ccccc1. The number of hydrogen-bond donors (Lipinski definition) is 0. The predicted octanol–water partition coefficient (Wildman–Crippen LogP) is 4.71. The molecule has 1 unspecified atom stereocenters. The molecule has 136 valence electrons. The van der Waals surface area contributed by atoms with E-state index in [1.807, 2.05) is 48.5 Å². The Morgan fingerprint density at radius 2 is 1.73 bits per heavy atom. The number of nitriles is 1. The second-order valence-electron chi connectivity index (χ2n) is 6.67. The van der Waals surface area contributed by atoms with Crippen molar-refractivity contribution >= 4 is 0 Å². The molecule has 0 N–H and O–H groups in total. The van der Waals surface area contributed by atoms with Gasteiger partial charge < -0.3 is 9.47 Å². The molecule has 1 atom stereocenters. The van der Waals surface area contributed by atoms with Gasteiger partial charge in [0.2, 0.25) is 0 Å². The van der Waals surface area contributed by atoms with E-state index in [-0.39, 0.29) is 6.04 Å². The summed E-state index contributed by atoms with van der Waals surface area (Å²) < 4.78 is 11.5. The Morgan fingerprint density at radius 3 is 2.38 bits per heavy atom. The molecule has 0 radical (unpaired) electrons. The number of hydrogen-bond acceptors (Lipinski definition) is 4. The first kappa shape index (κ1) is 18.3. The fourth-order valence-corrected chi connectivity index (χ4v) is 3.43. The molecule has 0 amide bonds. The Hall–Kier alpha value is -2.51. The summed E-state index contributed by atoms with van der Waals surface area (Å²) in [5.41, 5.74) is 2.08. The molecule has 2 aromatic rings. The molecule has 26 heavy (non-hydrogen) atoms. The molecular formula is C22H26N2O2. The van der Waals surface area contributed by atoms with E-state index in [4.69, 9.17) is 9.47 Å². The highest BCUT2D eigenvalue weighted by molar-refractivity contribution is 5.45. The third kappa shape index (κ3) is 4.56. The van der Waals surface area contributed by atoms with Crippen molar-refractivity contribution in [3.8, 4) is 17.6 Å². The van der Waals surface area contributed by atoms with Gasteiger partial charge in [-0.1, -0.05) is 49.2 Å². The smallest absolute Gasteiger partial charge is 0.161 e. The van der Waals surface area contributed by atoms with Crippen LogP contribution < -0.4 is 9.47 Å². The minimum absolute atomic E-state index is 0.231. The Kier molecular flexibility index (Phi) is 6.51. The molecule has 0 aromatic heterocycles. The molecule has 4 nitrogen and oxygen atoms in total. The first-order valence-electron chi connectivity index (χ1n) is 9.30. The average molecular weight is 350 g/mol. The lowest BCUT2D eigenvalue weighted by Gasteiger charge is -2.26. The number of ether oxygens (including phenoxy) is 2. The molecule has 1 heterocycles. The van der Waals surface area contributed by atoms with Crippen LogP contribution in [0.5, 0.6) is 11.5 Å². The van der Waals surface area contributed by atoms with Crippen LogP contribution in [0.15, 0.2) is 48.5 Å². The maximum absolute atomic E-state index is 9.74. The zero-order valence-electron chi connectivity index (χ0n) is 15.4. The molecule has 0 spiro atoms. The average Bonchev–Trinajstić information content (AvgIpc) is 2.97. The van der Waals surface area contributed by atoms with E-state index in [0.29, 0.717) is 18.1 Å². The second-order valence-corrected chi connectivity index (χ2v) is 6.67. The van der Waals surface area contributed by atoms with Gasteiger partial charge in [0, 0.05) is 0 Å². The Labute approximate surface area is 156 Å². The number of benzene rings is 2. The summed E-state index contributed by atoms with van der Waals surface area (Å²) in [6.07, 6.45) is 4.83. The van der Waals surface area contributed by atoms with Crippen molar-refractivity contribution < 1.29 is 9.47 Å². The Morgan fingerprint density at radius 1 is 1.00 bits per heavy atom. The van der Waals surface area contributed by atoms with Gasteiger partial charge in [0.15, 0.2) is 11.5 Å². The lowest BCUT2D eigenvalue weighted by atomic mass is 10.1. The van der Waals surface area contributed by atoms with E-state index in [2.05, 4.69) is 11.0 Å². The summed E-state index contributed by atoms with van der Waals surface area (Å²) in [5, 5.41) is 9.74. The van der Waals surface area contributed by atoms with Gasteiger partial charge in [-0.25, -0.2) is 0 Å². The molecule has 0 aliphatic carbocycles. The molecule has 2 aromatic carbocycles. The van der Waals surface area contributed by atoms with Crippen molar-refractivity contribution in [3.63, 3.8) is 0 Å². The van der Waals surface area contributed by atoms with Crippen LogP contribution in [-0.2, 0) is 6.61 Å². The van der Waals surface area contributed by atoms with E-state index in [1.165, 1.54) is 12.8 Å². The predicted molar refractivity (Wildman–Crippen MR) is 102 cm³/mol. The molecule has 4 heteroatoms. The van der Waals surface area contributed by atoms with Gasteiger partial charge in [-0.3, -0.25) is 4.90 Å². The van der Waals surface area contributed by atoms with Crippen LogP contribution in [0.25, 0.3) is 0 Å². The van der Waals surface area contributed by atoms with Crippen molar-refractivity contribution in [2.75, 3.05) is 20.2 Å². The molecule has 1 aliphatic heterocycles. The quantitative estimate of drug-likeness (QED) is 0.756. The van der Waals surface area contributed by atoms with Crippen LogP contribution >= 0.6 is 0 Å². The van der Waals surface area contributed by atoms with Gasteiger partial charge in [0.1, 0.15) is 12.6 Å². The summed E-state index contributed by atoms with van der Waals surface area (Å²) in [5.74, 6) is 1.38. The highest BCUT2D eigenvalue weighted by Crippen LogP contribution is 2.33. The summed E-state index contributed by atoms with van der Waals surface area (Å²) in [4.78, 5) is 2.28. The van der Waals surface area contributed by atoms with Crippen LogP contribution in [0, 0.1) is 11.3 Å². The first-order chi connectivity index (χ1) is 12.8. The summed E-state index contributed by atoms with van der Waals surface area (Å²) in [7, 11) is 1.64. The first-order valence-corrected chi connectivity index (χ1v) is 9.30. The normalized spacial score (nSPS) is 16.3. The Bertz CT molecular complexity index is 732. The molecule has 3 rings (SSSR count). The monoisotopic (exact) mass is 350 g/mol. The van der Waals surface area contributed by atoms with Gasteiger partial charge in [-0.15, -0.1) is 0 Å². The van der Waals surface area contributed by atoms with Crippen LogP contribution in [0.2, 0.25) is 0 Å². The van der Waals surface area contributed by atoms with Crippen LogP contribution in [0.3, 0.4) is 0 Å². The van der Waals surface area contributed by atoms with Crippen molar-refractivity contribution in [3.05, 3.63) is 59.7 Å². The standard InChI is InChI=1S/C22H26N2O2/c1-25-22-15-19(20(16-23)24-13-7-2-3-8-14-24)11-12-21(22)26-17-18-9-5-4-6-10-18/h4-6,9-12,15,20H,2-3,7-8,13-14,17H2,1H3. The summed E-state index contributed by atoms with van der Waals surface area (Å²) >= 11 is 0. The number of methoxy groups -OCH3 is 1. The molecule has 1 saturated heterocycles. The minimum atomic E-state index is -0.231. The van der Waals surface area contributed by atoms with E-state index < -0.39 is 0 Å². The molecule has 0 bridgehead atoms. The fraction of sp³-hybridized carbons (Fsp3) is 0.409. The van der Waals surface area contributed by atoms with E-state index >= 15 is 0 Å². The topological polar surface area (TPSA) is 45.5 Å². The van der Waals surface area contributed by atoms with Gasteiger partial charge >= 0.3 is 0 Å². The highest BCUT2D eigenvalue weighted by atomic mass is 16.5. The Balaban J connectivity index is 1.75. The van der Waals surface area contributed by atoms with Gasteiger partial charge in [0.05, 0.1) is 13.2 Å². The van der Waals surface area contributed by atoms with Gasteiger partial charge in [-0.05, 0) is 49.2 Å². The maximum Gasteiger partial charge on any atom is 0.161 e. The van der Waals surface area contributed by atoms with Crippen molar-refractivity contribution in [2.24, 2.45) is 0 Å². The van der Waals surface area contributed by atoms with E-state index in [0.717, 1.165) is 37.1 Å². The lowest BCUT2D eigenvalue weighted by Crippen LogP contribution is -2.28. The zero-order chi connectivity index (χ0) is 18.2. The molecule has 1 fully saturated rings. The third-order valence-electron chi connectivity index (χ3n) is 4.87. The number of likely N-dealkylation sites (tertiary alicyclic amines) is 1. The minimum Gasteiger partial charge on any atom is -0.493 e. The van der Waals surface area contributed by atoms with Gasteiger partial charge in [-0.2, -0.15) is 5.26 Å². The third-order valence-corrected chi connectivity index (χ3v) is 4.87. The summed E-state index contributed by atoms with van der Waals surface area (Å²) in [6, 6.07) is 18.1. The summed E-state index contributed by atoms with van der Waals surface area (Å²) in [6.45, 7) is 2.45. The van der Waals surface area contributed by atoms with Gasteiger partial charge in [0.25, 0.3) is 0 Å². The van der Waals surface area contributed by atoms with Crippen LogP contribution in [-0.4, -0.2) is 25.1 Å². The molecule has 0 saturated carbocycles. The zero-order valence-corrected chi connectivity index (χ0v) is 15.4. The fourth-order valence-electron chi connectivity index (χ4n) is 3.43. The largest absolute Gasteiger partial charge is 0.493 e. The van der Waals surface area contributed by atoms with Crippen molar-refractivity contribution in [1.82, 2.24) is 4.90 Å². The molecule has 1 aliphatic rings. The van der Waals surface area contributed by atoms with Crippen molar-refractivity contribution in [2.45, 2.75) is 38.3 Å². The lowest BCUT2D eigenvalue weighted by molar-refractivity contribution is 0.244. The number of rotatable bonds is 6. The molecular weight excluding hydrogens is 324 g/mol. The highest BCUT2D eigenvalue weighted by Gasteiger charge is 2.22. The van der Waals surface area contributed by atoms with E-state index in [1.54, 1.807) is 7.11 Å². The van der Waals surface area contributed by atoms with Crippen molar-refractivity contribution in [1.29, 1.82) is 5.26 Å². The van der Waals surface area contributed by atoms with Crippen LogP contribution in [0.4, 0.5) is 0 Å². The van der Waals surface area contributed by atoms with E-state index in [9.17, 15) is 5.26 Å². The number of nitrogens with zero attached hydrogens (tertiary/aromatic N) is 2. The van der Waals surface area contributed by atoms with Crippen LogP contribution in [0.1, 0.15) is 42.9 Å².